The largest absolute Gasteiger partial charge is 0.379 e. The maximum atomic E-state index is 11.6. The molecular weight excluding hydrogens is 266 g/mol. The lowest BCUT2D eigenvalue weighted by atomic mass is 10.2. The molecule has 0 aliphatic carbocycles. The highest BCUT2D eigenvalue weighted by molar-refractivity contribution is 5.75. The summed E-state index contributed by atoms with van der Waals surface area (Å²) in [6.45, 7) is 5.31. The molecule has 1 heterocycles. The van der Waals surface area contributed by atoms with Crippen molar-refractivity contribution in [3.05, 3.63) is 42.1 Å². The number of carbonyl (C=O) groups is 1. The molecule has 0 saturated carbocycles. The van der Waals surface area contributed by atoms with Gasteiger partial charge in [0.05, 0.1) is 13.2 Å². The Morgan fingerprint density at radius 2 is 2.00 bits per heavy atom. The van der Waals surface area contributed by atoms with Crippen LogP contribution in [0.25, 0.3) is 6.08 Å². The van der Waals surface area contributed by atoms with Gasteiger partial charge >= 0.3 is 6.03 Å². The average Bonchev–Trinajstić information content (AvgIpc) is 2.54. The third kappa shape index (κ3) is 6.42. The van der Waals surface area contributed by atoms with Crippen LogP contribution in [0.15, 0.2) is 36.5 Å². The number of benzene rings is 1. The number of morpholine rings is 1. The van der Waals surface area contributed by atoms with Crippen LogP contribution in [0.2, 0.25) is 0 Å². The fraction of sp³-hybridized carbons (Fsp3) is 0.438. The zero-order valence-electron chi connectivity index (χ0n) is 12.3. The van der Waals surface area contributed by atoms with Gasteiger partial charge in [-0.3, -0.25) is 4.90 Å². The molecule has 2 amide bonds. The minimum atomic E-state index is -0.163. The van der Waals surface area contributed by atoms with Crippen molar-refractivity contribution in [3.8, 4) is 0 Å². The Labute approximate surface area is 126 Å². The first kappa shape index (κ1) is 15.5. The van der Waals surface area contributed by atoms with Gasteiger partial charge in [0, 0.05) is 25.8 Å². The van der Waals surface area contributed by atoms with E-state index < -0.39 is 0 Å². The number of nitrogens with one attached hydrogen (secondary N) is 2. The highest BCUT2D eigenvalue weighted by Crippen LogP contribution is 1.99. The molecule has 2 N–H and O–H groups in total. The lowest BCUT2D eigenvalue weighted by Crippen LogP contribution is -2.39. The Morgan fingerprint density at radius 1 is 1.24 bits per heavy atom. The lowest BCUT2D eigenvalue weighted by molar-refractivity contribution is 0.0375. The maximum absolute atomic E-state index is 11.6. The number of urea groups is 1. The third-order valence-electron chi connectivity index (χ3n) is 3.33. The van der Waals surface area contributed by atoms with E-state index in [9.17, 15) is 4.79 Å². The highest BCUT2D eigenvalue weighted by Gasteiger charge is 2.09. The Bertz CT molecular complexity index is 442. The van der Waals surface area contributed by atoms with Crippen LogP contribution in [0, 0.1) is 0 Å². The third-order valence-corrected chi connectivity index (χ3v) is 3.33. The lowest BCUT2D eigenvalue weighted by Gasteiger charge is -2.26. The molecule has 114 valence electrons. The number of hydrogen-bond acceptors (Lipinski definition) is 3. The molecule has 5 nitrogen and oxygen atoms in total. The number of ether oxygens (including phenoxy) is 1. The first-order valence-electron chi connectivity index (χ1n) is 7.41. The maximum Gasteiger partial charge on any atom is 0.318 e. The zero-order valence-corrected chi connectivity index (χ0v) is 12.3. The van der Waals surface area contributed by atoms with Crippen LogP contribution in [0.4, 0.5) is 4.79 Å². The molecule has 1 aromatic carbocycles. The summed E-state index contributed by atoms with van der Waals surface area (Å²) in [5, 5.41) is 5.55. The Balaban J connectivity index is 1.54. The molecule has 0 unspecified atom stereocenters. The second kappa shape index (κ2) is 9.15. The van der Waals surface area contributed by atoms with Crippen LogP contribution in [0.3, 0.4) is 0 Å². The van der Waals surface area contributed by atoms with Gasteiger partial charge in [0.25, 0.3) is 0 Å². The summed E-state index contributed by atoms with van der Waals surface area (Å²) in [5.41, 5.74) is 1.06. The van der Waals surface area contributed by atoms with E-state index in [4.69, 9.17) is 4.74 Å². The second-order valence-electron chi connectivity index (χ2n) is 4.95. The molecule has 21 heavy (non-hydrogen) atoms. The molecular formula is C16H23N3O2. The van der Waals surface area contributed by atoms with Gasteiger partial charge in [0.1, 0.15) is 0 Å². The molecule has 1 aliphatic rings. The molecule has 0 bridgehead atoms. The van der Waals surface area contributed by atoms with Gasteiger partial charge in [0.2, 0.25) is 0 Å². The van der Waals surface area contributed by atoms with Crippen LogP contribution < -0.4 is 10.6 Å². The van der Waals surface area contributed by atoms with Crippen molar-refractivity contribution in [2.24, 2.45) is 0 Å². The van der Waals surface area contributed by atoms with E-state index in [2.05, 4.69) is 15.5 Å². The zero-order chi connectivity index (χ0) is 14.8. The van der Waals surface area contributed by atoms with Crippen molar-refractivity contribution in [1.29, 1.82) is 0 Å². The number of nitrogens with zero attached hydrogens (tertiary/aromatic N) is 1. The van der Waals surface area contributed by atoms with Gasteiger partial charge in [-0.1, -0.05) is 30.3 Å². The molecule has 0 radical (unpaired) electrons. The molecule has 1 aromatic rings. The highest BCUT2D eigenvalue weighted by atomic mass is 16.5. The Morgan fingerprint density at radius 3 is 2.76 bits per heavy atom. The molecule has 0 atom stereocenters. The van der Waals surface area contributed by atoms with Gasteiger partial charge in [-0.2, -0.15) is 0 Å². The SMILES string of the molecule is O=C(N/C=C/c1ccccc1)NCCCN1CCOCC1. The van der Waals surface area contributed by atoms with Crippen LogP contribution >= 0.6 is 0 Å². The van der Waals surface area contributed by atoms with Crippen LogP contribution in [0.1, 0.15) is 12.0 Å². The average molecular weight is 289 g/mol. The fourth-order valence-electron chi connectivity index (χ4n) is 2.16. The Kier molecular flexibility index (Phi) is 6.77. The van der Waals surface area contributed by atoms with Crippen LogP contribution in [-0.2, 0) is 4.74 Å². The van der Waals surface area contributed by atoms with Crippen LogP contribution in [-0.4, -0.2) is 50.3 Å². The van der Waals surface area contributed by atoms with Gasteiger partial charge in [-0.15, -0.1) is 0 Å². The number of amides is 2. The topological polar surface area (TPSA) is 53.6 Å². The molecule has 1 fully saturated rings. The number of carbonyl (C=O) groups excluding carboxylic acids is 1. The standard InChI is InChI=1S/C16H23N3O2/c20-16(18-9-7-15-5-2-1-3-6-15)17-8-4-10-19-11-13-21-14-12-19/h1-3,5-7,9H,4,8,10-14H2,(H2,17,18,20)/b9-7+. The summed E-state index contributed by atoms with van der Waals surface area (Å²) in [5.74, 6) is 0. The normalized spacial score (nSPS) is 16.0. The Hall–Kier alpha value is -1.85. The minimum absolute atomic E-state index is 0.163. The van der Waals surface area contributed by atoms with Gasteiger partial charge in [-0.25, -0.2) is 4.79 Å². The van der Waals surface area contributed by atoms with E-state index >= 15 is 0 Å². The van der Waals surface area contributed by atoms with Gasteiger partial charge < -0.3 is 15.4 Å². The van der Waals surface area contributed by atoms with Crippen molar-refractivity contribution < 1.29 is 9.53 Å². The summed E-state index contributed by atoms with van der Waals surface area (Å²) >= 11 is 0. The molecule has 5 heteroatoms. The van der Waals surface area contributed by atoms with E-state index in [0.29, 0.717) is 6.54 Å². The molecule has 0 aromatic heterocycles. The molecule has 2 rings (SSSR count). The second-order valence-corrected chi connectivity index (χ2v) is 4.95. The van der Waals surface area contributed by atoms with Crippen molar-refractivity contribution >= 4 is 12.1 Å². The minimum Gasteiger partial charge on any atom is -0.379 e. The molecule has 1 saturated heterocycles. The summed E-state index contributed by atoms with van der Waals surface area (Å²) in [4.78, 5) is 13.9. The van der Waals surface area contributed by atoms with E-state index in [0.717, 1.165) is 44.8 Å². The number of hydrogen-bond donors (Lipinski definition) is 2. The predicted octanol–water partition coefficient (Wildman–Crippen LogP) is 1.68. The first-order valence-corrected chi connectivity index (χ1v) is 7.41. The number of rotatable bonds is 6. The van der Waals surface area contributed by atoms with Crippen molar-refractivity contribution in [3.63, 3.8) is 0 Å². The van der Waals surface area contributed by atoms with Crippen molar-refractivity contribution in [1.82, 2.24) is 15.5 Å². The first-order chi connectivity index (χ1) is 10.3. The van der Waals surface area contributed by atoms with E-state index in [1.54, 1.807) is 6.20 Å². The fourth-order valence-corrected chi connectivity index (χ4v) is 2.16. The smallest absolute Gasteiger partial charge is 0.318 e. The molecule has 1 aliphatic heterocycles. The summed E-state index contributed by atoms with van der Waals surface area (Å²) in [6, 6.07) is 9.70. The van der Waals surface area contributed by atoms with E-state index in [-0.39, 0.29) is 6.03 Å². The summed E-state index contributed by atoms with van der Waals surface area (Å²) < 4.78 is 5.30. The van der Waals surface area contributed by atoms with Gasteiger partial charge in [0.15, 0.2) is 0 Å². The summed E-state index contributed by atoms with van der Waals surface area (Å²) in [6.07, 6.45) is 4.48. The quantitative estimate of drug-likeness (QED) is 0.783. The van der Waals surface area contributed by atoms with Crippen molar-refractivity contribution in [2.45, 2.75) is 6.42 Å². The monoisotopic (exact) mass is 289 g/mol. The summed E-state index contributed by atoms with van der Waals surface area (Å²) in [7, 11) is 0. The van der Waals surface area contributed by atoms with E-state index in [1.807, 2.05) is 36.4 Å². The van der Waals surface area contributed by atoms with Crippen molar-refractivity contribution in [2.75, 3.05) is 39.4 Å². The molecule has 0 spiro atoms. The van der Waals surface area contributed by atoms with Crippen LogP contribution in [0.5, 0.6) is 0 Å². The predicted molar refractivity (Wildman–Crippen MR) is 83.9 cm³/mol. The van der Waals surface area contributed by atoms with Gasteiger partial charge in [-0.05, 0) is 24.6 Å². The van der Waals surface area contributed by atoms with E-state index in [1.165, 1.54) is 0 Å².